The number of para-hydroxylation sites is 1. The summed E-state index contributed by atoms with van der Waals surface area (Å²) >= 11 is 1.46. The van der Waals surface area contributed by atoms with E-state index in [-0.39, 0.29) is 5.91 Å². The van der Waals surface area contributed by atoms with Crippen LogP contribution >= 0.6 is 11.8 Å². The van der Waals surface area contributed by atoms with Crippen molar-refractivity contribution in [2.24, 2.45) is 0 Å². The fraction of sp³-hybridized carbons (Fsp3) is 0.111. The molecule has 0 saturated carbocycles. The molecule has 2 rings (SSSR count). The lowest BCUT2D eigenvalue weighted by Gasteiger charge is -2.17. The zero-order valence-corrected chi connectivity index (χ0v) is 7.56. The van der Waals surface area contributed by atoms with Gasteiger partial charge in [-0.15, -0.1) is 11.8 Å². The van der Waals surface area contributed by atoms with Crippen LogP contribution in [0.5, 0.6) is 0 Å². The second-order valence-electron chi connectivity index (χ2n) is 2.68. The number of anilines is 1. The molecule has 1 aromatic rings. The van der Waals surface area contributed by atoms with Gasteiger partial charge in [-0.3, -0.25) is 9.59 Å². The average molecular weight is 193 g/mol. The van der Waals surface area contributed by atoms with Crippen LogP contribution in [0.15, 0.2) is 23.1 Å². The third kappa shape index (κ3) is 1.45. The van der Waals surface area contributed by atoms with E-state index in [4.69, 9.17) is 0 Å². The van der Waals surface area contributed by atoms with Gasteiger partial charge in [0.1, 0.15) is 0 Å². The summed E-state index contributed by atoms with van der Waals surface area (Å²) in [5, 5.41) is 2.69. The van der Waals surface area contributed by atoms with Crippen LogP contribution in [0, 0.1) is 0 Å². The molecule has 0 aliphatic carbocycles. The Morgan fingerprint density at radius 3 is 3.08 bits per heavy atom. The summed E-state index contributed by atoms with van der Waals surface area (Å²) in [5.74, 6) is 0.377. The van der Waals surface area contributed by atoms with E-state index >= 15 is 0 Å². The van der Waals surface area contributed by atoms with Gasteiger partial charge in [-0.25, -0.2) is 0 Å². The number of carbonyl (C=O) groups excluding carboxylic acids is 2. The van der Waals surface area contributed by atoms with E-state index in [1.807, 2.05) is 12.1 Å². The number of nitrogens with one attached hydrogen (secondary N) is 1. The lowest BCUT2D eigenvalue weighted by Crippen LogP contribution is -2.19. The topological polar surface area (TPSA) is 46.2 Å². The fourth-order valence-corrected chi connectivity index (χ4v) is 2.07. The van der Waals surface area contributed by atoms with Gasteiger partial charge in [0.2, 0.25) is 5.91 Å². The Labute approximate surface area is 79.5 Å². The predicted molar refractivity (Wildman–Crippen MR) is 51.2 cm³/mol. The van der Waals surface area contributed by atoms with E-state index in [1.165, 1.54) is 11.8 Å². The van der Waals surface area contributed by atoms with Gasteiger partial charge in [0.05, 0.1) is 11.4 Å². The van der Waals surface area contributed by atoms with Gasteiger partial charge in [0.15, 0.2) is 6.29 Å². The van der Waals surface area contributed by atoms with Crippen molar-refractivity contribution >= 4 is 29.6 Å². The number of fused-ring (bicyclic) bond motifs is 1. The molecule has 1 heterocycles. The molecule has 3 nitrogen and oxygen atoms in total. The standard InChI is InChI=1S/C9H7NO2S/c11-4-6-2-1-3-7-9(6)10-8(12)5-13-7/h1-4H,5H2,(H,10,12). The molecule has 0 spiro atoms. The number of carbonyl (C=O) groups is 2. The summed E-state index contributed by atoms with van der Waals surface area (Å²) in [4.78, 5) is 22.6. The maximum atomic E-state index is 11.0. The molecular formula is C9H7NO2S. The third-order valence-corrected chi connectivity index (χ3v) is 2.87. The highest BCUT2D eigenvalue weighted by Crippen LogP contribution is 2.32. The smallest absolute Gasteiger partial charge is 0.234 e. The molecule has 0 bridgehead atoms. The minimum absolute atomic E-state index is 0.0493. The van der Waals surface area contributed by atoms with Crippen molar-refractivity contribution in [3.05, 3.63) is 23.8 Å². The molecule has 4 heteroatoms. The molecule has 0 radical (unpaired) electrons. The first kappa shape index (κ1) is 8.31. The summed E-state index contributed by atoms with van der Waals surface area (Å²) in [7, 11) is 0. The van der Waals surface area contributed by atoms with E-state index in [9.17, 15) is 9.59 Å². The Kier molecular flexibility index (Phi) is 2.06. The number of hydrogen-bond acceptors (Lipinski definition) is 3. The summed E-state index contributed by atoms with van der Waals surface area (Å²) < 4.78 is 0. The molecule has 13 heavy (non-hydrogen) atoms. The Balaban J connectivity index is 2.52. The highest BCUT2D eigenvalue weighted by Gasteiger charge is 2.17. The maximum absolute atomic E-state index is 11.0. The lowest BCUT2D eigenvalue weighted by molar-refractivity contribution is -0.113. The maximum Gasteiger partial charge on any atom is 0.234 e. The molecule has 1 aromatic carbocycles. The molecule has 0 fully saturated rings. The molecule has 0 saturated heterocycles. The number of amides is 1. The minimum atomic E-state index is -0.0493. The first-order valence-corrected chi connectivity index (χ1v) is 4.80. The van der Waals surface area contributed by atoms with Gasteiger partial charge in [-0.2, -0.15) is 0 Å². The van der Waals surface area contributed by atoms with Crippen molar-refractivity contribution < 1.29 is 9.59 Å². The van der Waals surface area contributed by atoms with Crippen molar-refractivity contribution in [3.8, 4) is 0 Å². The third-order valence-electron chi connectivity index (χ3n) is 1.81. The number of hydrogen-bond donors (Lipinski definition) is 1. The molecule has 66 valence electrons. The van der Waals surface area contributed by atoms with Crippen molar-refractivity contribution in [3.63, 3.8) is 0 Å². The van der Waals surface area contributed by atoms with Crippen LogP contribution < -0.4 is 5.32 Å². The molecule has 1 amide bonds. The van der Waals surface area contributed by atoms with Crippen LogP contribution in [0.3, 0.4) is 0 Å². The zero-order valence-electron chi connectivity index (χ0n) is 6.74. The minimum Gasteiger partial charge on any atom is -0.324 e. The van der Waals surface area contributed by atoms with Crippen LogP contribution in [0.1, 0.15) is 10.4 Å². The van der Waals surface area contributed by atoms with Gasteiger partial charge in [0.25, 0.3) is 0 Å². The van der Waals surface area contributed by atoms with Crippen molar-refractivity contribution in [2.45, 2.75) is 4.90 Å². The first-order chi connectivity index (χ1) is 6.31. The molecular weight excluding hydrogens is 186 g/mol. The van der Waals surface area contributed by atoms with Crippen molar-refractivity contribution in [1.82, 2.24) is 0 Å². The Bertz CT molecular complexity index is 376. The first-order valence-electron chi connectivity index (χ1n) is 3.82. The second-order valence-corrected chi connectivity index (χ2v) is 3.69. The van der Waals surface area contributed by atoms with Gasteiger partial charge in [-0.1, -0.05) is 6.07 Å². The predicted octanol–water partition coefficient (Wildman–Crippen LogP) is 1.54. The SMILES string of the molecule is O=Cc1cccc2c1NC(=O)CS2. The summed E-state index contributed by atoms with van der Waals surface area (Å²) in [6.45, 7) is 0. The molecule has 1 aliphatic rings. The lowest BCUT2D eigenvalue weighted by atomic mass is 10.2. The Morgan fingerprint density at radius 2 is 2.31 bits per heavy atom. The molecule has 0 aromatic heterocycles. The molecule has 1 aliphatic heterocycles. The Hall–Kier alpha value is -1.29. The monoisotopic (exact) mass is 193 g/mol. The normalized spacial score (nSPS) is 14.6. The van der Waals surface area contributed by atoms with Crippen LogP contribution in [0.25, 0.3) is 0 Å². The quantitative estimate of drug-likeness (QED) is 0.688. The molecule has 0 unspecified atom stereocenters. The number of benzene rings is 1. The van der Waals surface area contributed by atoms with Crippen molar-refractivity contribution in [2.75, 3.05) is 11.1 Å². The summed E-state index contributed by atoms with van der Waals surface area (Å²) in [5.41, 5.74) is 1.19. The largest absolute Gasteiger partial charge is 0.324 e. The molecule has 1 N–H and O–H groups in total. The van der Waals surface area contributed by atoms with Crippen molar-refractivity contribution in [1.29, 1.82) is 0 Å². The highest BCUT2D eigenvalue weighted by atomic mass is 32.2. The average Bonchev–Trinajstić information content (AvgIpc) is 2.17. The fourth-order valence-electron chi connectivity index (χ4n) is 1.22. The van der Waals surface area contributed by atoms with E-state index in [2.05, 4.69) is 5.32 Å². The van der Waals surface area contributed by atoms with E-state index in [0.717, 1.165) is 11.2 Å². The summed E-state index contributed by atoms with van der Waals surface area (Å²) in [6, 6.07) is 5.40. The zero-order chi connectivity index (χ0) is 9.26. The van der Waals surface area contributed by atoms with E-state index < -0.39 is 0 Å². The number of rotatable bonds is 1. The molecule has 0 atom stereocenters. The van der Waals surface area contributed by atoms with Gasteiger partial charge < -0.3 is 5.32 Å². The second kappa shape index (κ2) is 3.22. The summed E-state index contributed by atoms with van der Waals surface area (Å²) in [6.07, 6.45) is 0.755. The highest BCUT2D eigenvalue weighted by molar-refractivity contribution is 8.00. The number of thioether (sulfide) groups is 1. The van der Waals surface area contributed by atoms with Crippen LogP contribution in [0.4, 0.5) is 5.69 Å². The van der Waals surface area contributed by atoms with Crippen LogP contribution in [0.2, 0.25) is 0 Å². The van der Waals surface area contributed by atoms with Gasteiger partial charge >= 0.3 is 0 Å². The van der Waals surface area contributed by atoms with Gasteiger partial charge in [0, 0.05) is 10.5 Å². The van der Waals surface area contributed by atoms with E-state index in [0.29, 0.717) is 17.0 Å². The van der Waals surface area contributed by atoms with Gasteiger partial charge in [-0.05, 0) is 12.1 Å². The Morgan fingerprint density at radius 1 is 1.46 bits per heavy atom. The van der Waals surface area contributed by atoms with Crippen LogP contribution in [-0.2, 0) is 4.79 Å². The number of aldehydes is 1. The van der Waals surface area contributed by atoms with E-state index in [1.54, 1.807) is 6.07 Å². The van der Waals surface area contributed by atoms with Crippen LogP contribution in [-0.4, -0.2) is 17.9 Å².